The van der Waals surface area contributed by atoms with Gasteiger partial charge < -0.3 is 15.2 Å². The molecule has 0 saturated carbocycles. The highest BCUT2D eigenvalue weighted by Crippen LogP contribution is 2.36. The molecule has 0 radical (unpaired) electrons. The minimum atomic E-state index is -0.963. The summed E-state index contributed by atoms with van der Waals surface area (Å²) in [6.45, 7) is 2.11. The molecule has 0 aliphatic heterocycles. The SMILES string of the molecule is COc1ccc2cc(-c3cc(-c4ccc(Cl)cc4Cl)nn3C(C)c3ccc(C(=O)NCCC(=O)O)cc3)ccc2c1. The lowest BCUT2D eigenvalue weighted by Crippen LogP contribution is -2.26. The van der Waals surface area contributed by atoms with Crippen molar-refractivity contribution >= 4 is 45.9 Å². The lowest BCUT2D eigenvalue weighted by Gasteiger charge is -2.17. The second-order valence-electron chi connectivity index (χ2n) is 9.61. The van der Waals surface area contributed by atoms with Crippen LogP contribution in [0.4, 0.5) is 0 Å². The third-order valence-electron chi connectivity index (χ3n) is 6.93. The van der Waals surface area contributed by atoms with Gasteiger partial charge >= 0.3 is 5.97 Å². The third kappa shape index (κ3) is 6.21. The van der Waals surface area contributed by atoms with Gasteiger partial charge in [0.25, 0.3) is 5.91 Å². The molecule has 41 heavy (non-hydrogen) atoms. The number of carbonyl (C=O) groups is 2. The maximum absolute atomic E-state index is 12.4. The monoisotopic (exact) mass is 587 g/mol. The van der Waals surface area contributed by atoms with E-state index in [0.29, 0.717) is 21.3 Å². The Morgan fingerprint density at radius 2 is 1.68 bits per heavy atom. The van der Waals surface area contributed by atoms with Crippen molar-refractivity contribution in [1.82, 2.24) is 15.1 Å². The van der Waals surface area contributed by atoms with Crippen LogP contribution in [-0.4, -0.2) is 40.4 Å². The number of hydrogen-bond donors (Lipinski definition) is 2. The fraction of sp³-hybridized carbons (Fsp3) is 0.156. The Hall–Kier alpha value is -4.33. The van der Waals surface area contributed by atoms with E-state index in [1.807, 2.05) is 54.1 Å². The highest BCUT2D eigenvalue weighted by Gasteiger charge is 2.20. The zero-order valence-electron chi connectivity index (χ0n) is 22.4. The topological polar surface area (TPSA) is 93.5 Å². The summed E-state index contributed by atoms with van der Waals surface area (Å²) in [5, 5.41) is 19.6. The van der Waals surface area contributed by atoms with Gasteiger partial charge in [-0.05, 0) is 77.9 Å². The summed E-state index contributed by atoms with van der Waals surface area (Å²) in [5.74, 6) is -0.491. The molecule has 0 fully saturated rings. The molecular formula is C32H27Cl2N3O4. The molecule has 0 spiro atoms. The zero-order chi connectivity index (χ0) is 29.1. The van der Waals surface area contributed by atoms with Crippen LogP contribution in [0.25, 0.3) is 33.3 Å². The van der Waals surface area contributed by atoms with Gasteiger partial charge in [-0.1, -0.05) is 53.5 Å². The summed E-state index contributed by atoms with van der Waals surface area (Å²) in [7, 11) is 1.65. The average Bonchev–Trinajstić information content (AvgIpc) is 3.41. The summed E-state index contributed by atoms with van der Waals surface area (Å²) in [5.41, 5.74) is 4.74. The van der Waals surface area contributed by atoms with E-state index in [2.05, 4.69) is 23.5 Å². The number of aromatic nitrogens is 2. The van der Waals surface area contributed by atoms with Crippen molar-refractivity contribution in [3.05, 3.63) is 106 Å². The van der Waals surface area contributed by atoms with E-state index in [9.17, 15) is 9.59 Å². The molecule has 1 unspecified atom stereocenters. The number of carboxylic acid groups (broad SMARTS) is 1. The van der Waals surface area contributed by atoms with Crippen LogP contribution < -0.4 is 10.1 Å². The molecule has 2 N–H and O–H groups in total. The van der Waals surface area contributed by atoms with Gasteiger partial charge in [-0.15, -0.1) is 0 Å². The van der Waals surface area contributed by atoms with E-state index in [4.69, 9.17) is 38.1 Å². The van der Waals surface area contributed by atoms with Gasteiger partial charge in [0.05, 0.1) is 36.0 Å². The van der Waals surface area contributed by atoms with Crippen molar-refractivity contribution in [2.45, 2.75) is 19.4 Å². The number of hydrogen-bond acceptors (Lipinski definition) is 4. The molecule has 1 aromatic heterocycles. The van der Waals surface area contributed by atoms with Gasteiger partial charge in [0.1, 0.15) is 5.75 Å². The second-order valence-corrected chi connectivity index (χ2v) is 10.5. The molecular weight excluding hydrogens is 561 g/mol. The number of aliphatic carboxylic acids is 1. The maximum Gasteiger partial charge on any atom is 0.305 e. The Morgan fingerprint density at radius 3 is 2.39 bits per heavy atom. The minimum Gasteiger partial charge on any atom is -0.497 e. The van der Waals surface area contributed by atoms with Gasteiger partial charge in [0, 0.05) is 28.3 Å². The molecule has 0 bridgehead atoms. The molecule has 4 aromatic carbocycles. The van der Waals surface area contributed by atoms with Crippen molar-refractivity contribution in [2.75, 3.05) is 13.7 Å². The highest BCUT2D eigenvalue weighted by molar-refractivity contribution is 6.36. The van der Waals surface area contributed by atoms with Crippen LogP contribution in [0.5, 0.6) is 5.75 Å². The smallest absolute Gasteiger partial charge is 0.305 e. The number of fused-ring (bicyclic) bond motifs is 1. The van der Waals surface area contributed by atoms with Crippen molar-refractivity contribution in [2.24, 2.45) is 0 Å². The van der Waals surface area contributed by atoms with Crippen LogP contribution in [0.1, 0.15) is 35.3 Å². The molecule has 0 aliphatic rings. The third-order valence-corrected chi connectivity index (χ3v) is 7.48. The van der Waals surface area contributed by atoms with Crippen molar-refractivity contribution in [3.63, 3.8) is 0 Å². The summed E-state index contributed by atoms with van der Waals surface area (Å²) in [4.78, 5) is 23.2. The number of ether oxygens (including phenoxy) is 1. The number of rotatable bonds is 9. The lowest BCUT2D eigenvalue weighted by molar-refractivity contribution is -0.136. The van der Waals surface area contributed by atoms with E-state index in [0.717, 1.165) is 38.9 Å². The maximum atomic E-state index is 12.4. The Bertz CT molecular complexity index is 1750. The summed E-state index contributed by atoms with van der Waals surface area (Å²) in [6.07, 6.45) is -0.134. The first kappa shape index (κ1) is 28.2. The number of nitrogens with zero attached hydrogens (tertiary/aromatic N) is 2. The van der Waals surface area contributed by atoms with E-state index in [1.165, 1.54) is 0 Å². The number of carbonyl (C=O) groups excluding carboxylic acids is 1. The van der Waals surface area contributed by atoms with Crippen LogP contribution in [0.15, 0.2) is 84.9 Å². The van der Waals surface area contributed by atoms with E-state index >= 15 is 0 Å². The largest absolute Gasteiger partial charge is 0.497 e. The Morgan fingerprint density at radius 1 is 0.951 bits per heavy atom. The van der Waals surface area contributed by atoms with E-state index in [1.54, 1.807) is 31.4 Å². The first-order valence-corrected chi connectivity index (χ1v) is 13.7. The van der Waals surface area contributed by atoms with Gasteiger partial charge in [-0.3, -0.25) is 14.3 Å². The van der Waals surface area contributed by atoms with Crippen molar-refractivity contribution in [1.29, 1.82) is 0 Å². The van der Waals surface area contributed by atoms with Crippen molar-refractivity contribution < 1.29 is 19.4 Å². The minimum absolute atomic E-state index is 0.0670. The molecule has 1 heterocycles. The average molecular weight is 588 g/mol. The van der Waals surface area contributed by atoms with Gasteiger partial charge in [0.2, 0.25) is 0 Å². The van der Waals surface area contributed by atoms with Crippen LogP contribution in [0.2, 0.25) is 10.0 Å². The van der Waals surface area contributed by atoms with Crippen LogP contribution >= 0.6 is 23.2 Å². The molecule has 208 valence electrons. The summed E-state index contributed by atoms with van der Waals surface area (Å²) < 4.78 is 7.33. The number of nitrogens with one attached hydrogen (secondary N) is 1. The van der Waals surface area contributed by atoms with E-state index in [-0.39, 0.29) is 24.9 Å². The summed E-state index contributed by atoms with van der Waals surface area (Å²) >= 11 is 12.7. The highest BCUT2D eigenvalue weighted by atomic mass is 35.5. The van der Waals surface area contributed by atoms with Gasteiger partial charge in [-0.2, -0.15) is 5.10 Å². The van der Waals surface area contributed by atoms with Gasteiger partial charge in [-0.25, -0.2) is 0 Å². The number of amides is 1. The molecule has 5 rings (SSSR count). The molecule has 0 aliphatic carbocycles. The first-order chi connectivity index (χ1) is 19.7. The molecule has 1 atom stereocenters. The molecule has 9 heteroatoms. The standard InChI is InChI=1S/C32H27Cl2N3O4/c1-19(20-3-5-21(6-4-20)32(40)35-14-13-31(38)39)37-30(18-29(36-37)27-12-10-25(33)17-28(27)34)24-8-7-23-16-26(41-2)11-9-22(23)15-24/h3-12,15-19H,13-14H2,1-2H3,(H,35,40)(H,38,39). The Labute approximate surface area is 247 Å². The number of benzene rings is 4. The lowest BCUT2D eigenvalue weighted by atomic mass is 10.0. The summed E-state index contributed by atoms with van der Waals surface area (Å²) in [6, 6.07) is 26.6. The van der Waals surface area contributed by atoms with Crippen LogP contribution in [0, 0.1) is 0 Å². The predicted octanol–water partition coefficient (Wildman–Crippen LogP) is 7.50. The molecule has 0 saturated heterocycles. The van der Waals surface area contributed by atoms with Crippen molar-refractivity contribution in [3.8, 4) is 28.3 Å². The van der Waals surface area contributed by atoms with E-state index < -0.39 is 5.97 Å². The normalized spacial score (nSPS) is 11.8. The Balaban J connectivity index is 1.53. The number of carboxylic acids is 1. The Kier molecular flexibility index (Phi) is 8.28. The first-order valence-electron chi connectivity index (χ1n) is 13.0. The molecule has 5 aromatic rings. The fourth-order valence-corrected chi connectivity index (χ4v) is 5.19. The molecule has 7 nitrogen and oxygen atoms in total. The number of methoxy groups -OCH3 is 1. The van der Waals surface area contributed by atoms with Crippen LogP contribution in [0.3, 0.4) is 0 Å². The quantitative estimate of drug-likeness (QED) is 0.186. The number of halogens is 2. The van der Waals surface area contributed by atoms with Crippen LogP contribution in [-0.2, 0) is 4.79 Å². The predicted molar refractivity (Wildman–Crippen MR) is 162 cm³/mol. The van der Waals surface area contributed by atoms with Gasteiger partial charge in [0.15, 0.2) is 0 Å². The zero-order valence-corrected chi connectivity index (χ0v) is 23.9. The second kappa shape index (κ2) is 12.0. The fourth-order valence-electron chi connectivity index (χ4n) is 4.68. The molecule has 1 amide bonds.